The molecule has 0 aromatic heterocycles. The van der Waals surface area contributed by atoms with Crippen LogP contribution in [0, 0.1) is 0 Å². The van der Waals surface area contributed by atoms with Gasteiger partial charge < -0.3 is 4.74 Å². The molecule has 0 radical (unpaired) electrons. The largest absolute Gasteiger partial charge is 0.494 e. The third kappa shape index (κ3) is 5.87. The van der Waals surface area contributed by atoms with Gasteiger partial charge in [-0.2, -0.15) is 5.10 Å². The van der Waals surface area contributed by atoms with Crippen molar-refractivity contribution < 1.29 is 17.9 Å². The van der Waals surface area contributed by atoms with Gasteiger partial charge in [0.1, 0.15) is 12.3 Å². The number of sulfonamides is 1. The van der Waals surface area contributed by atoms with E-state index in [9.17, 15) is 13.2 Å². The minimum Gasteiger partial charge on any atom is -0.494 e. The maximum atomic E-state index is 13.3. The van der Waals surface area contributed by atoms with E-state index in [1.54, 1.807) is 66.7 Å². The molecule has 0 unspecified atom stereocenters. The minimum atomic E-state index is -4.02. The van der Waals surface area contributed by atoms with Crippen LogP contribution >= 0.6 is 11.6 Å². The number of carbonyl (C=O) groups is 1. The molecule has 1 N–H and O–H groups in total. The lowest BCUT2D eigenvalue weighted by Crippen LogP contribution is -2.39. The first-order chi connectivity index (χ1) is 15.4. The van der Waals surface area contributed by atoms with E-state index in [-0.39, 0.29) is 4.90 Å². The number of nitrogens with zero attached hydrogens (tertiary/aromatic N) is 2. The van der Waals surface area contributed by atoms with Crippen molar-refractivity contribution in [2.45, 2.75) is 11.8 Å². The number of benzene rings is 3. The predicted octanol–water partition coefficient (Wildman–Crippen LogP) is 4.08. The molecule has 0 aliphatic carbocycles. The highest BCUT2D eigenvalue weighted by Crippen LogP contribution is 2.25. The zero-order chi connectivity index (χ0) is 23.0. The molecule has 0 aliphatic rings. The molecule has 3 aromatic carbocycles. The minimum absolute atomic E-state index is 0.0391. The Hall–Kier alpha value is -3.36. The number of hydrogen-bond acceptors (Lipinski definition) is 5. The lowest BCUT2D eigenvalue weighted by Gasteiger charge is -2.23. The molecule has 0 saturated carbocycles. The van der Waals surface area contributed by atoms with Crippen molar-refractivity contribution in [3.63, 3.8) is 0 Å². The quantitative estimate of drug-likeness (QED) is 0.376. The second-order valence-electron chi connectivity index (χ2n) is 6.57. The average molecular weight is 472 g/mol. The van der Waals surface area contributed by atoms with Gasteiger partial charge in [0.2, 0.25) is 0 Å². The molecule has 0 atom stereocenters. The van der Waals surface area contributed by atoms with Crippen LogP contribution in [0.2, 0.25) is 5.02 Å². The van der Waals surface area contributed by atoms with Crippen LogP contribution in [0.3, 0.4) is 0 Å². The van der Waals surface area contributed by atoms with Crippen molar-refractivity contribution in [2.75, 3.05) is 17.5 Å². The van der Waals surface area contributed by atoms with Crippen molar-refractivity contribution >= 4 is 39.4 Å². The SMILES string of the molecule is CCOc1ccc(S(=O)(=O)N(CC(=O)N/N=C\c2ccccc2Cl)c2ccccc2)cc1. The average Bonchev–Trinajstić information content (AvgIpc) is 2.80. The van der Waals surface area contributed by atoms with Gasteiger partial charge in [-0.3, -0.25) is 9.10 Å². The first kappa shape index (κ1) is 23.3. The van der Waals surface area contributed by atoms with Gasteiger partial charge in [0.25, 0.3) is 15.9 Å². The lowest BCUT2D eigenvalue weighted by molar-refractivity contribution is -0.119. The van der Waals surface area contributed by atoms with E-state index in [0.717, 1.165) is 4.31 Å². The van der Waals surface area contributed by atoms with Gasteiger partial charge in [0.15, 0.2) is 0 Å². The summed E-state index contributed by atoms with van der Waals surface area (Å²) in [5.74, 6) is -0.0453. The summed E-state index contributed by atoms with van der Waals surface area (Å²) >= 11 is 6.06. The van der Waals surface area contributed by atoms with Crippen molar-refractivity contribution in [2.24, 2.45) is 5.10 Å². The van der Waals surface area contributed by atoms with Crippen molar-refractivity contribution in [1.29, 1.82) is 0 Å². The molecule has 166 valence electrons. The van der Waals surface area contributed by atoms with Crippen LogP contribution in [0.1, 0.15) is 12.5 Å². The Morgan fingerprint density at radius 3 is 2.34 bits per heavy atom. The molecule has 3 aromatic rings. The van der Waals surface area contributed by atoms with E-state index < -0.39 is 22.5 Å². The highest BCUT2D eigenvalue weighted by Gasteiger charge is 2.27. The Bertz CT molecular complexity index is 1180. The summed E-state index contributed by atoms with van der Waals surface area (Å²) < 4.78 is 33.1. The van der Waals surface area contributed by atoms with E-state index in [0.29, 0.717) is 28.6 Å². The number of halogens is 1. The molecule has 7 nitrogen and oxygen atoms in total. The lowest BCUT2D eigenvalue weighted by atomic mass is 10.2. The normalized spacial score (nSPS) is 11.3. The summed E-state index contributed by atoms with van der Waals surface area (Å²) in [4.78, 5) is 12.6. The molecule has 0 fully saturated rings. The number of carbonyl (C=O) groups excluding carboxylic acids is 1. The predicted molar refractivity (Wildman–Crippen MR) is 126 cm³/mol. The molecule has 0 aliphatic heterocycles. The van der Waals surface area contributed by atoms with E-state index in [1.165, 1.54) is 18.3 Å². The maximum Gasteiger partial charge on any atom is 0.264 e. The molecule has 0 spiro atoms. The van der Waals surface area contributed by atoms with Gasteiger partial charge in [-0.15, -0.1) is 0 Å². The van der Waals surface area contributed by atoms with Gasteiger partial charge in [0.05, 0.1) is 23.4 Å². The van der Waals surface area contributed by atoms with Gasteiger partial charge in [0, 0.05) is 10.6 Å². The van der Waals surface area contributed by atoms with E-state index in [2.05, 4.69) is 10.5 Å². The van der Waals surface area contributed by atoms with Crippen LogP contribution in [0.25, 0.3) is 0 Å². The molecule has 9 heteroatoms. The van der Waals surface area contributed by atoms with Crippen molar-refractivity contribution in [3.05, 3.63) is 89.4 Å². The van der Waals surface area contributed by atoms with Gasteiger partial charge >= 0.3 is 0 Å². The molecular formula is C23H22ClN3O4S. The first-order valence-corrected chi connectivity index (χ1v) is 11.6. The second-order valence-corrected chi connectivity index (χ2v) is 8.84. The van der Waals surface area contributed by atoms with Gasteiger partial charge in [-0.25, -0.2) is 13.8 Å². The Morgan fingerprint density at radius 2 is 1.69 bits per heavy atom. The summed E-state index contributed by atoms with van der Waals surface area (Å²) in [6.45, 7) is 1.85. The molecule has 0 bridgehead atoms. The topological polar surface area (TPSA) is 88.1 Å². The number of amides is 1. The molecule has 3 rings (SSSR count). The molecule has 0 heterocycles. The first-order valence-electron chi connectivity index (χ1n) is 9.79. The number of rotatable bonds is 9. The zero-order valence-electron chi connectivity index (χ0n) is 17.3. The van der Waals surface area contributed by atoms with E-state index >= 15 is 0 Å². The zero-order valence-corrected chi connectivity index (χ0v) is 18.9. The number of anilines is 1. The fourth-order valence-electron chi connectivity index (χ4n) is 2.83. The summed E-state index contributed by atoms with van der Waals surface area (Å²) in [6.07, 6.45) is 1.40. The third-order valence-corrected chi connectivity index (χ3v) is 6.48. The monoisotopic (exact) mass is 471 g/mol. The Kier molecular flexibility index (Phi) is 7.86. The fraction of sp³-hybridized carbons (Fsp3) is 0.130. The van der Waals surface area contributed by atoms with Gasteiger partial charge in [-0.05, 0) is 49.4 Å². The summed E-state index contributed by atoms with van der Waals surface area (Å²) in [6, 6.07) is 21.5. The molecular weight excluding hydrogens is 450 g/mol. The van der Waals surface area contributed by atoms with E-state index in [4.69, 9.17) is 16.3 Å². The van der Waals surface area contributed by atoms with Crippen LogP contribution in [0.4, 0.5) is 5.69 Å². The third-order valence-electron chi connectivity index (χ3n) is 4.35. The highest BCUT2D eigenvalue weighted by atomic mass is 35.5. The van der Waals surface area contributed by atoms with Gasteiger partial charge in [-0.1, -0.05) is 48.0 Å². The number of ether oxygens (including phenoxy) is 1. The van der Waals surface area contributed by atoms with Crippen LogP contribution in [-0.4, -0.2) is 33.7 Å². The number of hydrogen-bond donors (Lipinski definition) is 1. The Labute approximate surface area is 192 Å². The van der Waals surface area contributed by atoms with Crippen LogP contribution in [0.15, 0.2) is 88.9 Å². The van der Waals surface area contributed by atoms with Crippen LogP contribution in [0.5, 0.6) is 5.75 Å². The molecule has 32 heavy (non-hydrogen) atoms. The number of para-hydroxylation sites is 1. The van der Waals surface area contributed by atoms with Crippen molar-refractivity contribution in [3.8, 4) is 5.75 Å². The number of nitrogens with one attached hydrogen (secondary N) is 1. The van der Waals surface area contributed by atoms with Crippen LogP contribution < -0.4 is 14.5 Å². The van der Waals surface area contributed by atoms with Crippen LogP contribution in [-0.2, 0) is 14.8 Å². The number of hydrazone groups is 1. The molecule has 1 amide bonds. The summed E-state index contributed by atoms with van der Waals surface area (Å²) in [5.41, 5.74) is 3.33. The summed E-state index contributed by atoms with van der Waals surface area (Å²) in [5, 5.41) is 4.37. The second kappa shape index (κ2) is 10.8. The fourth-order valence-corrected chi connectivity index (χ4v) is 4.44. The Balaban J connectivity index is 1.81. The molecule has 0 saturated heterocycles. The Morgan fingerprint density at radius 1 is 1.03 bits per heavy atom. The summed E-state index contributed by atoms with van der Waals surface area (Å²) in [7, 11) is -4.02. The van der Waals surface area contributed by atoms with E-state index in [1.807, 2.05) is 6.92 Å². The highest BCUT2D eigenvalue weighted by molar-refractivity contribution is 7.92. The standard InChI is InChI=1S/C23H22ClN3O4S/c1-2-31-20-12-14-21(15-13-20)32(29,30)27(19-9-4-3-5-10-19)17-23(28)26-25-16-18-8-6-7-11-22(18)24/h3-16H,2,17H2,1H3,(H,26,28)/b25-16-. The maximum absolute atomic E-state index is 13.3. The smallest absolute Gasteiger partial charge is 0.264 e. The van der Waals surface area contributed by atoms with Crippen molar-refractivity contribution in [1.82, 2.24) is 5.43 Å².